The van der Waals surface area contributed by atoms with Gasteiger partial charge in [-0.25, -0.2) is 0 Å². The van der Waals surface area contributed by atoms with Crippen LogP contribution in [-0.4, -0.2) is 59.6 Å². The van der Waals surface area contributed by atoms with Gasteiger partial charge in [0.1, 0.15) is 0 Å². The van der Waals surface area contributed by atoms with E-state index in [1.165, 1.54) is 116 Å². The average Bonchev–Trinajstić information content (AvgIpc) is 2.80. The molecule has 4 N–H and O–H groups in total. The van der Waals surface area contributed by atoms with Crippen LogP contribution in [-0.2, 0) is 4.74 Å². The van der Waals surface area contributed by atoms with Crippen molar-refractivity contribution in [2.24, 2.45) is 0 Å². The molecule has 0 rings (SSSR count). The highest BCUT2D eigenvalue weighted by Gasteiger charge is 1.95. The molecule has 0 heterocycles. The summed E-state index contributed by atoms with van der Waals surface area (Å²) in [7, 11) is 0. The Hall–Kier alpha value is -0.200. The SMILES string of the molecule is CC(O)CCO.OCCCCCCCCCCCCOCCCCCCCCCCCCO. The van der Waals surface area contributed by atoms with E-state index < -0.39 is 0 Å². The summed E-state index contributed by atoms with van der Waals surface area (Å²) in [5.74, 6) is 0. The zero-order valence-corrected chi connectivity index (χ0v) is 22.2. The van der Waals surface area contributed by atoms with Gasteiger partial charge in [-0.05, 0) is 39.0 Å². The second-order valence-electron chi connectivity index (χ2n) is 9.49. The molecule has 0 aromatic rings. The maximum absolute atomic E-state index is 8.72. The van der Waals surface area contributed by atoms with Crippen molar-refractivity contribution >= 4 is 0 Å². The summed E-state index contributed by atoms with van der Waals surface area (Å²) in [4.78, 5) is 0. The minimum atomic E-state index is -0.352. The van der Waals surface area contributed by atoms with Crippen molar-refractivity contribution in [1.29, 1.82) is 0 Å². The van der Waals surface area contributed by atoms with E-state index in [9.17, 15) is 0 Å². The van der Waals surface area contributed by atoms with Crippen LogP contribution in [0.5, 0.6) is 0 Å². The first-order chi connectivity index (χ1) is 16.2. The molecule has 0 spiro atoms. The van der Waals surface area contributed by atoms with Gasteiger partial charge in [0, 0.05) is 33.0 Å². The molecule has 0 radical (unpaired) electrons. The third-order valence-electron chi connectivity index (χ3n) is 5.94. The first-order valence-electron chi connectivity index (χ1n) is 14.3. The molecule has 0 aromatic carbocycles. The van der Waals surface area contributed by atoms with Crippen molar-refractivity contribution in [2.75, 3.05) is 33.0 Å². The number of aliphatic hydroxyl groups excluding tert-OH is 4. The lowest BCUT2D eigenvalue weighted by Crippen LogP contribution is -2.00. The summed E-state index contributed by atoms with van der Waals surface area (Å²) >= 11 is 0. The first-order valence-corrected chi connectivity index (χ1v) is 14.3. The van der Waals surface area contributed by atoms with Crippen LogP contribution in [0.25, 0.3) is 0 Å². The van der Waals surface area contributed by atoms with Crippen molar-refractivity contribution in [1.82, 2.24) is 0 Å². The summed E-state index contributed by atoms with van der Waals surface area (Å²) in [5.41, 5.74) is 0. The minimum Gasteiger partial charge on any atom is -0.396 e. The van der Waals surface area contributed by atoms with Gasteiger partial charge in [-0.3, -0.25) is 0 Å². The van der Waals surface area contributed by atoms with E-state index in [2.05, 4.69) is 0 Å². The van der Waals surface area contributed by atoms with Crippen LogP contribution in [0.2, 0.25) is 0 Å². The van der Waals surface area contributed by atoms with Crippen LogP contribution in [0, 0.1) is 0 Å². The molecule has 202 valence electrons. The molecule has 0 aliphatic heterocycles. The molecule has 0 bridgehead atoms. The van der Waals surface area contributed by atoms with Crippen molar-refractivity contribution in [3.05, 3.63) is 0 Å². The van der Waals surface area contributed by atoms with Crippen LogP contribution < -0.4 is 0 Å². The van der Waals surface area contributed by atoms with E-state index in [4.69, 9.17) is 25.2 Å². The second kappa shape index (κ2) is 34.0. The van der Waals surface area contributed by atoms with Crippen LogP contribution in [0.3, 0.4) is 0 Å². The van der Waals surface area contributed by atoms with E-state index in [0.717, 1.165) is 26.1 Å². The standard InChI is InChI=1S/C24H50O3.C4H10O2/c25-21-17-13-9-5-1-3-7-11-15-19-23-27-24-20-16-12-8-4-2-6-10-14-18-22-26;1-4(6)2-3-5/h25-26H,1-24H2;4-6H,2-3H2,1H3. The van der Waals surface area contributed by atoms with Crippen molar-refractivity contribution in [3.63, 3.8) is 0 Å². The van der Waals surface area contributed by atoms with E-state index in [1.54, 1.807) is 6.92 Å². The molecule has 5 nitrogen and oxygen atoms in total. The molecule has 0 aliphatic rings. The van der Waals surface area contributed by atoms with Gasteiger partial charge in [0.25, 0.3) is 0 Å². The number of unbranched alkanes of at least 4 members (excludes halogenated alkanes) is 18. The average molecular weight is 477 g/mol. The lowest BCUT2D eigenvalue weighted by molar-refractivity contribution is 0.125. The zero-order valence-electron chi connectivity index (χ0n) is 22.2. The molecule has 0 fully saturated rings. The number of hydrogen-bond donors (Lipinski definition) is 4. The quantitative estimate of drug-likeness (QED) is 0.106. The lowest BCUT2D eigenvalue weighted by atomic mass is 10.1. The normalized spacial score (nSPS) is 11.9. The Bertz CT molecular complexity index is 289. The van der Waals surface area contributed by atoms with Crippen molar-refractivity contribution in [3.8, 4) is 0 Å². The van der Waals surface area contributed by atoms with Crippen molar-refractivity contribution in [2.45, 2.75) is 148 Å². The Morgan fingerprint density at radius 1 is 0.424 bits per heavy atom. The highest BCUT2D eigenvalue weighted by atomic mass is 16.5. The van der Waals surface area contributed by atoms with Gasteiger partial charge in [-0.15, -0.1) is 0 Å². The summed E-state index contributed by atoms with van der Waals surface area (Å²) < 4.78 is 5.76. The highest BCUT2D eigenvalue weighted by molar-refractivity contribution is 4.50. The molecular weight excluding hydrogens is 416 g/mol. The van der Waals surface area contributed by atoms with Gasteiger partial charge in [0.05, 0.1) is 6.10 Å². The van der Waals surface area contributed by atoms with Crippen LogP contribution >= 0.6 is 0 Å². The number of rotatable bonds is 26. The molecular formula is C28H60O5. The predicted octanol–water partition coefficient (Wildman–Crippen LogP) is 6.54. The molecule has 1 atom stereocenters. The van der Waals surface area contributed by atoms with Gasteiger partial charge < -0.3 is 25.2 Å². The Morgan fingerprint density at radius 3 is 0.909 bits per heavy atom. The summed E-state index contributed by atoms with van der Waals surface area (Å²) in [5, 5.41) is 33.9. The van der Waals surface area contributed by atoms with Crippen LogP contribution in [0.4, 0.5) is 0 Å². The van der Waals surface area contributed by atoms with Gasteiger partial charge in [-0.1, -0.05) is 103 Å². The van der Waals surface area contributed by atoms with Gasteiger partial charge >= 0.3 is 0 Å². The maximum Gasteiger partial charge on any atom is 0.0533 e. The van der Waals surface area contributed by atoms with Crippen LogP contribution in [0.15, 0.2) is 0 Å². The van der Waals surface area contributed by atoms with Crippen LogP contribution in [0.1, 0.15) is 142 Å². The summed E-state index contributed by atoms with van der Waals surface area (Å²) in [6.07, 6.45) is 25.8. The van der Waals surface area contributed by atoms with Gasteiger partial charge in [-0.2, -0.15) is 0 Å². The Balaban J connectivity index is 0. The lowest BCUT2D eigenvalue weighted by Gasteiger charge is -2.05. The van der Waals surface area contributed by atoms with Gasteiger partial charge in [0.2, 0.25) is 0 Å². The van der Waals surface area contributed by atoms with E-state index in [1.807, 2.05) is 0 Å². The second-order valence-corrected chi connectivity index (χ2v) is 9.49. The van der Waals surface area contributed by atoms with E-state index >= 15 is 0 Å². The van der Waals surface area contributed by atoms with E-state index in [-0.39, 0.29) is 12.7 Å². The Kier molecular flexibility index (Phi) is 36.0. The van der Waals surface area contributed by atoms with Crippen molar-refractivity contribution < 1.29 is 25.2 Å². The maximum atomic E-state index is 8.72. The number of ether oxygens (including phenoxy) is 1. The fourth-order valence-corrected chi connectivity index (χ4v) is 3.75. The molecule has 1 unspecified atom stereocenters. The Morgan fingerprint density at radius 2 is 0.697 bits per heavy atom. The third-order valence-corrected chi connectivity index (χ3v) is 5.94. The molecule has 0 aromatic heterocycles. The predicted molar refractivity (Wildman–Crippen MR) is 141 cm³/mol. The van der Waals surface area contributed by atoms with Gasteiger partial charge in [0.15, 0.2) is 0 Å². The molecule has 0 saturated carbocycles. The monoisotopic (exact) mass is 476 g/mol. The Labute approximate surface area is 206 Å². The summed E-state index contributed by atoms with van der Waals surface area (Å²) in [6.45, 7) is 4.35. The number of hydrogen-bond acceptors (Lipinski definition) is 5. The first kappa shape index (κ1) is 35.0. The topological polar surface area (TPSA) is 90.2 Å². The zero-order chi connectivity index (χ0) is 24.7. The fraction of sp³-hybridized carbons (Fsp3) is 1.00. The third kappa shape index (κ3) is 39.3. The largest absolute Gasteiger partial charge is 0.396 e. The van der Waals surface area contributed by atoms with E-state index in [0.29, 0.717) is 19.6 Å². The molecule has 0 saturated heterocycles. The molecule has 0 aliphatic carbocycles. The number of aliphatic hydroxyl groups is 4. The molecule has 33 heavy (non-hydrogen) atoms. The highest BCUT2D eigenvalue weighted by Crippen LogP contribution is 2.12. The minimum absolute atomic E-state index is 0.0810. The molecule has 5 heteroatoms. The summed E-state index contributed by atoms with van der Waals surface area (Å²) in [6, 6.07) is 0. The fourth-order valence-electron chi connectivity index (χ4n) is 3.75. The molecule has 0 amide bonds. The smallest absolute Gasteiger partial charge is 0.0533 e.